The summed E-state index contributed by atoms with van der Waals surface area (Å²) in [5, 5.41) is 9.15. The zero-order chi connectivity index (χ0) is 18.0. The first kappa shape index (κ1) is 16.9. The minimum Gasteiger partial charge on any atom is -0.497 e. The van der Waals surface area contributed by atoms with Crippen LogP contribution >= 0.6 is 0 Å². The van der Waals surface area contributed by atoms with E-state index in [2.05, 4.69) is 0 Å². The van der Waals surface area contributed by atoms with Gasteiger partial charge in [0, 0.05) is 6.07 Å². The Morgan fingerprint density at radius 2 is 1.84 bits per heavy atom. The number of carbonyl (C=O) groups is 1. The number of aliphatic carboxylic acids is 1. The summed E-state index contributed by atoms with van der Waals surface area (Å²) in [6.45, 7) is -0.697. The second-order valence-electron chi connectivity index (χ2n) is 5.12. The number of benzene rings is 2. The van der Waals surface area contributed by atoms with Gasteiger partial charge in [-0.15, -0.1) is 0 Å². The minimum absolute atomic E-state index is 0.0307. The lowest BCUT2D eigenvalue weighted by atomic mass is 10.3. The number of carboxylic acids is 1. The first-order chi connectivity index (χ1) is 11.9. The first-order valence-corrected chi connectivity index (χ1v) is 8.64. The van der Waals surface area contributed by atoms with Crippen molar-refractivity contribution < 1.29 is 32.5 Å². The second kappa shape index (κ2) is 6.52. The van der Waals surface area contributed by atoms with E-state index < -0.39 is 22.5 Å². The highest BCUT2D eigenvalue weighted by Gasteiger charge is 2.28. The van der Waals surface area contributed by atoms with Crippen LogP contribution in [0.15, 0.2) is 47.4 Å². The molecule has 0 radical (unpaired) electrons. The van der Waals surface area contributed by atoms with Gasteiger partial charge < -0.3 is 19.3 Å². The third-order valence-electron chi connectivity index (χ3n) is 3.57. The Labute approximate surface area is 144 Å². The number of anilines is 1. The van der Waals surface area contributed by atoms with Gasteiger partial charge in [0.2, 0.25) is 6.79 Å². The molecule has 0 fully saturated rings. The van der Waals surface area contributed by atoms with E-state index in [0.29, 0.717) is 17.2 Å². The van der Waals surface area contributed by atoms with Crippen LogP contribution < -0.4 is 18.5 Å². The van der Waals surface area contributed by atoms with E-state index in [0.717, 1.165) is 4.31 Å². The molecule has 0 aliphatic carbocycles. The summed E-state index contributed by atoms with van der Waals surface area (Å²) in [5.41, 5.74) is 0.169. The Morgan fingerprint density at radius 1 is 1.16 bits per heavy atom. The molecule has 0 unspecified atom stereocenters. The van der Waals surface area contributed by atoms with Crippen molar-refractivity contribution in [1.29, 1.82) is 0 Å². The minimum atomic E-state index is -4.09. The fourth-order valence-electron chi connectivity index (χ4n) is 2.35. The van der Waals surface area contributed by atoms with Crippen molar-refractivity contribution in [2.75, 3.05) is 24.8 Å². The Balaban J connectivity index is 2.03. The Morgan fingerprint density at radius 3 is 2.48 bits per heavy atom. The Bertz CT molecular complexity index is 893. The van der Waals surface area contributed by atoms with Crippen LogP contribution in [0.25, 0.3) is 0 Å². The summed E-state index contributed by atoms with van der Waals surface area (Å²) in [6.07, 6.45) is 0. The smallest absolute Gasteiger partial charge is 0.324 e. The monoisotopic (exact) mass is 365 g/mol. The van der Waals surface area contributed by atoms with E-state index in [-0.39, 0.29) is 17.4 Å². The Kier molecular flexibility index (Phi) is 4.41. The molecule has 1 heterocycles. The average molecular weight is 365 g/mol. The van der Waals surface area contributed by atoms with Gasteiger partial charge in [0.05, 0.1) is 17.7 Å². The van der Waals surface area contributed by atoms with Crippen LogP contribution in [0.4, 0.5) is 5.69 Å². The fraction of sp³-hybridized carbons (Fsp3) is 0.188. The van der Waals surface area contributed by atoms with E-state index in [1.807, 2.05) is 0 Å². The number of fused-ring (bicyclic) bond motifs is 1. The van der Waals surface area contributed by atoms with Gasteiger partial charge in [0.15, 0.2) is 11.5 Å². The maximum Gasteiger partial charge on any atom is 0.324 e. The van der Waals surface area contributed by atoms with Gasteiger partial charge in [0.1, 0.15) is 12.3 Å². The molecule has 1 aliphatic rings. The third kappa shape index (κ3) is 3.31. The van der Waals surface area contributed by atoms with E-state index in [9.17, 15) is 13.2 Å². The summed E-state index contributed by atoms with van der Waals surface area (Å²) in [5.74, 6) is 0.0419. The van der Waals surface area contributed by atoms with Crippen LogP contribution in [-0.4, -0.2) is 39.9 Å². The highest BCUT2D eigenvalue weighted by Crippen LogP contribution is 2.37. The summed E-state index contributed by atoms with van der Waals surface area (Å²) >= 11 is 0. The number of sulfonamides is 1. The normalized spacial score (nSPS) is 12.7. The van der Waals surface area contributed by atoms with E-state index in [1.54, 1.807) is 0 Å². The van der Waals surface area contributed by atoms with Crippen LogP contribution in [-0.2, 0) is 14.8 Å². The van der Waals surface area contributed by atoms with Crippen molar-refractivity contribution >= 4 is 21.7 Å². The molecule has 1 N–H and O–H groups in total. The van der Waals surface area contributed by atoms with Crippen molar-refractivity contribution in [3.05, 3.63) is 42.5 Å². The molecule has 132 valence electrons. The predicted octanol–water partition coefficient (Wildman–Crippen LogP) is 1.70. The van der Waals surface area contributed by atoms with Gasteiger partial charge in [-0.2, -0.15) is 0 Å². The molecule has 0 saturated carbocycles. The predicted molar refractivity (Wildman–Crippen MR) is 87.7 cm³/mol. The van der Waals surface area contributed by atoms with Crippen molar-refractivity contribution in [1.82, 2.24) is 0 Å². The molecule has 1 aliphatic heterocycles. The van der Waals surface area contributed by atoms with Gasteiger partial charge >= 0.3 is 5.97 Å². The van der Waals surface area contributed by atoms with Crippen molar-refractivity contribution in [3.8, 4) is 17.2 Å². The van der Waals surface area contributed by atoms with Crippen molar-refractivity contribution in [2.24, 2.45) is 0 Å². The van der Waals surface area contributed by atoms with E-state index >= 15 is 0 Å². The van der Waals surface area contributed by atoms with Gasteiger partial charge in [0.25, 0.3) is 10.0 Å². The molecular weight excluding hydrogens is 350 g/mol. The van der Waals surface area contributed by atoms with E-state index in [1.165, 1.54) is 49.6 Å². The maximum atomic E-state index is 12.9. The zero-order valence-electron chi connectivity index (χ0n) is 13.2. The molecule has 0 spiro atoms. The number of hydrogen-bond donors (Lipinski definition) is 1. The summed E-state index contributed by atoms with van der Waals surface area (Å²) in [7, 11) is -2.63. The van der Waals surface area contributed by atoms with Crippen LogP contribution in [0, 0.1) is 0 Å². The number of hydrogen-bond acceptors (Lipinski definition) is 6. The summed E-state index contributed by atoms with van der Waals surface area (Å²) < 4.78 is 42.1. The van der Waals surface area contributed by atoms with Crippen molar-refractivity contribution in [2.45, 2.75) is 4.90 Å². The second-order valence-corrected chi connectivity index (χ2v) is 6.98. The number of rotatable bonds is 6. The molecule has 9 heteroatoms. The first-order valence-electron chi connectivity index (χ1n) is 7.20. The lowest BCUT2D eigenvalue weighted by molar-refractivity contribution is -0.135. The summed E-state index contributed by atoms with van der Waals surface area (Å²) in [4.78, 5) is 11.2. The Hall–Kier alpha value is -2.94. The zero-order valence-corrected chi connectivity index (χ0v) is 14.0. The average Bonchev–Trinajstić information content (AvgIpc) is 3.07. The van der Waals surface area contributed by atoms with Crippen LogP contribution in [0.2, 0.25) is 0 Å². The maximum absolute atomic E-state index is 12.9. The molecule has 0 atom stereocenters. The molecule has 2 aromatic rings. The van der Waals surface area contributed by atoms with Crippen LogP contribution in [0.5, 0.6) is 17.2 Å². The van der Waals surface area contributed by atoms with Gasteiger partial charge in [-0.1, -0.05) is 0 Å². The molecule has 0 aromatic heterocycles. The van der Waals surface area contributed by atoms with Crippen molar-refractivity contribution in [3.63, 3.8) is 0 Å². The number of nitrogens with zero attached hydrogens (tertiary/aromatic N) is 1. The molecule has 25 heavy (non-hydrogen) atoms. The van der Waals surface area contributed by atoms with Gasteiger partial charge in [-0.3, -0.25) is 9.10 Å². The van der Waals surface area contributed by atoms with Crippen LogP contribution in [0.3, 0.4) is 0 Å². The SMILES string of the molecule is COc1ccc(S(=O)(=O)N(CC(=O)O)c2ccc3c(c2)OCO3)cc1. The molecule has 8 nitrogen and oxygen atoms in total. The lowest BCUT2D eigenvalue weighted by Crippen LogP contribution is -2.35. The quantitative estimate of drug-likeness (QED) is 0.831. The highest BCUT2D eigenvalue weighted by molar-refractivity contribution is 7.92. The molecular formula is C16H15NO7S. The highest BCUT2D eigenvalue weighted by atomic mass is 32.2. The molecule has 0 amide bonds. The number of methoxy groups -OCH3 is 1. The fourth-order valence-corrected chi connectivity index (χ4v) is 3.76. The molecule has 2 aromatic carbocycles. The third-order valence-corrected chi connectivity index (χ3v) is 5.36. The lowest BCUT2D eigenvalue weighted by Gasteiger charge is -2.23. The molecule has 0 saturated heterocycles. The molecule has 0 bridgehead atoms. The van der Waals surface area contributed by atoms with E-state index in [4.69, 9.17) is 19.3 Å². The molecule has 3 rings (SSSR count). The van der Waals surface area contributed by atoms with Gasteiger partial charge in [-0.05, 0) is 36.4 Å². The van der Waals surface area contributed by atoms with Crippen LogP contribution in [0.1, 0.15) is 0 Å². The largest absolute Gasteiger partial charge is 0.497 e. The summed E-state index contributed by atoms with van der Waals surface area (Å²) in [6, 6.07) is 10.1. The topological polar surface area (TPSA) is 102 Å². The number of ether oxygens (including phenoxy) is 3. The number of carboxylic acid groups (broad SMARTS) is 1. The standard InChI is InChI=1S/C16H15NO7S/c1-22-12-3-5-13(6-4-12)25(20,21)17(9-16(18)19)11-2-7-14-15(8-11)24-10-23-14/h2-8H,9-10H2,1H3,(H,18,19). The van der Waals surface area contributed by atoms with Gasteiger partial charge in [-0.25, -0.2) is 8.42 Å².